The summed E-state index contributed by atoms with van der Waals surface area (Å²) in [6.07, 6.45) is 4.87. The first-order chi connectivity index (χ1) is 12.1. The van der Waals surface area contributed by atoms with E-state index in [1.54, 1.807) is 0 Å². The molecule has 2 amide bonds. The molecule has 3 rings (SSSR count). The molecule has 1 aromatic carbocycles. The Kier molecular flexibility index (Phi) is 7.66. The van der Waals surface area contributed by atoms with E-state index in [2.05, 4.69) is 16.7 Å². The van der Waals surface area contributed by atoms with Gasteiger partial charge in [0.25, 0.3) is 5.91 Å². The number of piperidine rings is 1. The summed E-state index contributed by atoms with van der Waals surface area (Å²) in [6, 6.07) is 7.64. The van der Waals surface area contributed by atoms with Crippen LogP contribution in [0.25, 0.3) is 0 Å². The van der Waals surface area contributed by atoms with Crippen LogP contribution in [0.1, 0.15) is 35.2 Å². The number of nitrogens with one attached hydrogen (secondary N) is 2. The van der Waals surface area contributed by atoms with Crippen molar-refractivity contribution in [3.63, 3.8) is 0 Å². The van der Waals surface area contributed by atoms with Crippen LogP contribution in [-0.4, -0.2) is 49.4 Å². The maximum Gasteiger partial charge on any atom is 0.253 e. The van der Waals surface area contributed by atoms with E-state index in [9.17, 15) is 9.59 Å². The molecular formula is C20H28ClN3O2. The molecule has 0 aliphatic carbocycles. The van der Waals surface area contributed by atoms with Gasteiger partial charge in [-0.2, -0.15) is 0 Å². The van der Waals surface area contributed by atoms with Gasteiger partial charge in [0.05, 0.1) is 5.92 Å². The number of benzene rings is 1. The third-order valence-corrected chi connectivity index (χ3v) is 5.03. The van der Waals surface area contributed by atoms with Gasteiger partial charge in [-0.05, 0) is 44.9 Å². The highest BCUT2D eigenvalue weighted by Gasteiger charge is 2.28. The Morgan fingerprint density at radius 1 is 1.27 bits per heavy atom. The molecule has 6 heteroatoms. The van der Waals surface area contributed by atoms with E-state index in [-0.39, 0.29) is 30.1 Å². The number of carbonyl (C=O) groups excluding carboxylic acids is 2. The molecule has 1 unspecified atom stereocenters. The highest BCUT2D eigenvalue weighted by molar-refractivity contribution is 5.94. The van der Waals surface area contributed by atoms with Gasteiger partial charge < -0.3 is 15.5 Å². The number of carbonyl (C=O) groups is 2. The lowest BCUT2D eigenvalue weighted by atomic mass is 9.96. The molecule has 2 heterocycles. The molecule has 26 heavy (non-hydrogen) atoms. The van der Waals surface area contributed by atoms with Crippen LogP contribution in [0.2, 0.25) is 0 Å². The number of hydrogen-bond donors (Lipinski definition) is 2. The minimum atomic E-state index is -0.106. The molecule has 2 aliphatic heterocycles. The van der Waals surface area contributed by atoms with Crippen molar-refractivity contribution < 1.29 is 9.59 Å². The van der Waals surface area contributed by atoms with Crippen molar-refractivity contribution in [2.45, 2.75) is 26.2 Å². The minimum Gasteiger partial charge on any atom is -0.352 e. The van der Waals surface area contributed by atoms with E-state index in [1.807, 2.05) is 36.1 Å². The van der Waals surface area contributed by atoms with E-state index < -0.39 is 0 Å². The standard InChI is InChI=1S/C20H27N3O2.ClH/c1-15-4-6-17(7-5-15)20(25)23-12-2-3-18(14-23)19(24)22-13-16-8-10-21-11-9-16;/h4-8,18,21H,2-3,9-14H2,1H3,(H,22,24);1H. The highest BCUT2D eigenvalue weighted by atomic mass is 35.5. The molecule has 0 saturated carbocycles. The number of amides is 2. The molecule has 142 valence electrons. The lowest BCUT2D eigenvalue weighted by Crippen LogP contribution is -2.45. The highest BCUT2D eigenvalue weighted by Crippen LogP contribution is 2.19. The van der Waals surface area contributed by atoms with Crippen molar-refractivity contribution in [1.29, 1.82) is 0 Å². The van der Waals surface area contributed by atoms with E-state index in [1.165, 1.54) is 5.57 Å². The lowest BCUT2D eigenvalue weighted by Gasteiger charge is -2.32. The molecule has 0 radical (unpaired) electrons. The smallest absolute Gasteiger partial charge is 0.253 e. The number of aryl methyl sites for hydroxylation is 1. The van der Waals surface area contributed by atoms with Gasteiger partial charge in [0.2, 0.25) is 5.91 Å². The summed E-state index contributed by atoms with van der Waals surface area (Å²) >= 11 is 0. The van der Waals surface area contributed by atoms with Crippen LogP contribution in [0.4, 0.5) is 0 Å². The summed E-state index contributed by atoms with van der Waals surface area (Å²) in [5, 5.41) is 6.33. The molecule has 1 atom stereocenters. The monoisotopic (exact) mass is 377 g/mol. The average molecular weight is 378 g/mol. The second-order valence-electron chi connectivity index (χ2n) is 6.99. The SMILES string of the molecule is Cc1ccc(C(=O)N2CCCC(C(=O)NCC3=CCNCC3)C2)cc1.Cl. The predicted octanol–water partition coefficient (Wildman–Crippen LogP) is 2.30. The maximum absolute atomic E-state index is 12.7. The predicted molar refractivity (Wildman–Crippen MR) is 106 cm³/mol. The Morgan fingerprint density at radius 3 is 2.73 bits per heavy atom. The third-order valence-electron chi connectivity index (χ3n) is 5.03. The van der Waals surface area contributed by atoms with Gasteiger partial charge in [-0.3, -0.25) is 9.59 Å². The van der Waals surface area contributed by atoms with Gasteiger partial charge >= 0.3 is 0 Å². The Hall–Kier alpha value is -1.85. The summed E-state index contributed by atoms with van der Waals surface area (Å²) in [4.78, 5) is 27.0. The first kappa shape index (κ1) is 20.5. The third kappa shape index (κ3) is 5.32. The summed E-state index contributed by atoms with van der Waals surface area (Å²) in [7, 11) is 0. The molecule has 1 fully saturated rings. The number of nitrogens with zero attached hydrogens (tertiary/aromatic N) is 1. The topological polar surface area (TPSA) is 61.4 Å². The molecule has 1 saturated heterocycles. The Bertz CT molecular complexity index is 658. The fourth-order valence-corrected chi connectivity index (χ4v) is 3.43. The van der Waals surface area contributed by atoms with Crippen LogP contribution in [-0.2, 0) is 4.79 Å². The average Bonchev–Trinajstić information content (AvgIpc) is 2.67. The second-order valence-corrected chi connectivity index (χ2v) is 6.99. The van der Waals surface area contributed by atoms with Gasteiger partial charge in [-0.15, -0.1) is 12.4 Å². The summed E-state index contributed by atoms with van der Waals surface area (Å²) < 4.78 is 0. The molecular weight excluding hydrogens is 350 g/mol. The zero-order valence-electron chi connectivity index (χ0n) is 15.3. The fraction of sp³-hybridized carbons (Fsp3) is 0.500. The van der Waals surface area contributed by atoms with Crippen LogP contribution in [0.5, 0.6) is 0 Å². The van der Waals surface area contributed by atoms with E-state index in [4.69, 9.17) is 0 Å². The van der Waals surface area contributed by atoms with E-state index in [0.717, 1.165) is 44.5 Å². The number of likely N-dealkylation sites (tertiary alicyclic amines) is 1. The number of halogens is 1. The van der Waals surface area contributed by atoms with Gasteiger partial charge in [0, 0.05) is 31.7 Å². The van der Waals surface area contributed by atoms with Gasteiger partial charge in [-0.1, -0.05) is 29.3 Å². The zero-order valence-corrected chi connectivity index (χ0v) is 16.1. The van der Waals surface area contributed by atoms with Crippen LogP contribution in [0, 0.1) is 12.8 Å². The lowest BCUT2D eigenvalue weighted by molar-refractivity contribution is -0.126. The molecule has 0 spiro atoms. The minimum absolute atomic E-state index is 0. The van der Waals surface area contributed by atoms with Crippen molar-refractivity contribution in [2.24, 2.45) is 5.92 Å². The van der Waals surface area contributed by atoms with Crippen molar-refractivity contribution in [3.05, 3.63) is 47.0 Å². The van der Waals surface area contributed by atoms with Crippen molar-refractivity contribution in [1.82, 2.24) is 15.5 Å². The molecule has 5 nitrogen and oxygen atoms in total. The van der Waals surface area contributed by atoms with E-state index in [0.29, 0.717) is 18.7 Å². The Balaban J connectivity index is 0.00000243. The maximum atomic E-state index is 12.7. The second kappa shape index (κ2) is 9.74. The first-order valence-corrected chi connectivity index (χ1v) is 9.16. The normalized spacial score (nSPS) is 20.0. The number of hydrogen-bond acceptors (Lipinski definition) is 3. The van der Waals surface area contributed by atoms with Crippen LogP contribution < -0.4 is 10.6 Å². The first-order valence-electron chi connectivity index (χ1n) is 9.16. The summed E-state index contributed by atoms with van der Waals surface area (Å²) in [5.74, 6) is -0.00938. The molecule has 0 aromatic heterocycles. The zero-order chi connectivity index (χ0) is 17.6. The molecule has 2 aliphatic rings. The number of rotatable bonds is 4. The van der Waals surface area contributed by atoms with Crippen LogP contribution in [0.3, 0.4) is 0 Å². The van der Waals surface area contributed by atoms with Gasteiger partial charge in [-0.25, -0.2) is 0 Å². The molecule has 2 N–H and O–H groups in total. The summed E-state index contributed by atoms with van der Waals surface area (Å²) in [5.41, 5.74) is 3.13. The molecule has 0 bridgehead atoms. The Morgan fingerprint density at radius 2 is 2.04 bits per heavy atom. The fourth-order valence-electron chi connectivity index (χ4n) is 3.43. The van der Waals surface area contributed by atoms with E-state index >= 15 is 0 Å². The Labute approximate surface area is 161 Å². The van der Waals surface area contributed by atoms with Crippen molar-refractivity contribution in [3.8, 4) is 0 Å². The van der Waals surface area contributed by atoms with Crippen LogP contribution in [0.15, 0.2) is 35.9 Å². The van der Waals surface area contributed by atoms with Crippen molar-refractivity contribution in [2.75, 3.05) is 32.7 Å². The van der Waals surface area contributed by atoms with Gasteiger partial charge in [0.1, 0.15) is 0 Å². The largest absolute Gasteiger partial charge is 0.352 e. The summed E-state index contributed by atoms with van der Waals surface area (Å²) in [6.45, 7) is 5.74. The quantitative estimate of drug-likeness (QED) is 0.791. The van der Waals surface area contributed by atoms with Crippen molar-refractivity contribution >= 4 is 24.2 Å². The van der Waals surface area contributed by atoms with Gasteiger partial charge in [0.15, 0.2) is 0 Å². The molecule has 1 aromatic rings. The van der Waals surface area contributed by atoms with Crippen LogP contribution >= 0.6 is 12.4 Å².